The van der Waals surface area contributed by atoms with Crippen molar-refractivity contribution in [3.63, 3.8) is 0 Å². The van der Waals surface area contributed by atoms with E-state index in [2.05, 4.69) is 0 Å². The van der Waals surface area contributed by atoms with Crippen LogP contribution >= 0.6 is 0 Å². The van der Waals surface area contributed by atoms with Crippen LogP contribution in [-0.4, -0.2) is 24.8 Å². The van der Waals surface area contributed by atoms with Gasteiger partial charge in [0.05, 0.1) is 12.7 Å². The Labute approximate surface area is 89.2 Å². The van der Waals surface area contributed by atoms with Gasteiger partial charge in [0, 0.05) is 6.61 Å². The maximum atomic E-state index is 11.2. The van der Waals surface area contributed by atoms with Crippen molar-refractivity contribution in [1.82, 2.24) is 0 Å². The molecule has 0 spiro atoms. The highest BCUT2D eigenvalue weighted by atomic mass is 16.6. The Morgan fingerprint density at radius 2 is 2.27 bits per heavy atom. The van der Waals surface area contributed by atoms with E-state index in [9.17, 15) is 4.79 Å². The Kier molecular flexibility index (Phi) is 3.91. The summed E-state index contributed by atoms with van der Waals surface area (Å²) in [5, 5.41) is 8.76. The first-order chi connectivity index (χ1) is 7.10. The number of allylic oxidation sites excluding steroid dienone is 1. The summed E-state index contributed by atoms with van der Waals surface area (Å²) in [6.45, 7) is 3.72. The van der Waals surface area contributed by atoms with Crippen molar-refractivity contribution in [3.8, 4) is 0 Å². The Hall–Kier alpha value is -1.29. The van der Waals surface area contributed by atoms with Gasteiger partial charge in [0.15, 0.2) is 11.5 Å². The molecule has 1 aliphatic rings. The Morgan fingerprint density at radius 1 is 1.60 bits per heavy atom. The molecule has 0 aromatic heterocycles. The highest BCUT2D eigenvalue weighted by Crippen LogP contribution is 2.27. The second-order valence-corrected chi connectivity index (χ2v) is 3.57. The fraction of sp³-hybridized carbons (Fsp3) is 0.545. The number of carbonyl (C=O) groups is 1. The first-order valence-electron chi connectivity index (χ1n) is 4.90. The van der Waals surface area contributed by atoms with E-state index in [4.69, 9.17) is 14.6 Å². The van der Waals surface area contributed by atoms with Crippen molar-refractivity contribution >= 4 is 5.97 Å². The van der Waals surface area contributed by atoms with Crippen molar-refractivity contribution in [2.75, 3.05) is 13.7 Å². The molecule has 0 aliphatic carbocycles. The third-order valence-electron chi connectivity index (χ3n) is 2.30. The monoisotopic (exact) mass is 212 g/mol. The highest BCUT2D eigenvalue weighted by Gasteiger charge is 2.27. The van der Waals surface area contributed by atoms with Gasteiger partial charge in [0.25, 0.3) is 0 Å². The first kappa shape index (κ1) is 11.8. The smallest absolute Gasteiger partial charge is 0.343 e. The average Bonchev–Trinajstić information content (AvgIpc) is 2.42. The van der Waals surface area contributed by atoms with E-state index in [1.807, 2.05) is 6.92 Å². The standard InChI is InChI=1S/C11H16O4/c1-7(4-5-12)6-9-10(14-3)8(2)11(13)15-9/h6-7,12H,4-5H2,1-3H3/b9-6-/t7-/m0/s1. The topological polar surface area (TPSA) is 55.8 Å². The molecule has 0 aromatic rings. The summed E-state index contributed by atoms with van der Waals surface area (Å²) < 4.78 is 10.1. The molecule has 84 valence electrons. The molecule has 1 aliphatic heterocycles. The molecule has 0 aromatic carbocycles. The summed E-state index contributed by atoms with van der Waals surface area (Å²) >= 11 is 0. The number of rotatable bonds is 4. The van der Waals surface area contributed by atoms with Crippen LogP contribution in [0.1, 0.15) is 20.3 Å². The minimum atomic E-state index is -0.366. The lowest BCUT2D eigenvalue weighted by Crippen LogP contribution is -1.99. The minimum Gasteiger partial charge on any atom is -0.492 e. The first-order valence-corrected chi connectivity index (χ1v) is 4.90. The second-order valence-electron chi connectivity index (χ2n) is 3.57. The van der Waals surface area contributed by atoms with Crippen molar-refractivity contribution in [2.24, 2.45) is 5.92 Å². The molecule has 0 bridgehead atoms. The number of aliphatic hydroxyl groups is 1. The molecule has 1 N–H and O–H groups in total. The lowest BCUT2D eigenvalue weighted by atomic mass is 10.1. The van der Waals surface area contributed by atoms with Gasteiger partial charge in [-0.15, -0.1) is 0 Å². The molecule has 1 heterocycles. The zero-order valence-electron chi connectivity index (χ0n) is 9.24. The summed E-state index contributed by atoms with van der Waals surface area (Å²) in [6.07, 6.45) is 2.43. The molecule has 1 atom stereocenters. The van der Waals surface area contributed by atoms with Crippen LogP contribution in [0.2, 0.25) is 0 Å². The molecule has 15 heavy (non-hydrogen) atoms. The molecular formula is C11H16O4. The number of aliphatic hydroxyl groups excluding tert-OH is 1. The van der Waals surface area contributed by atoms with Crippen LogP contribution in [0.3, 0.4) is 0 Å². The van der Waals surface area contributed by atoms with Crippen LogP contribution in [0.25, 0.3) is 0 Å². The number of cyclic esters (lactones) is 1. The maximum absolute atomic E-state index is 11.2. The number of hydrogen-bond acceptors (Lipinski definition) is 4. The number of ether oxygens (including phenoxy) is 2. The number of carbonyl (C=O) groups excluding carboxylic acids is 1. The van der Waals surface area contributed by atoms with Gasteiger partial charge < -0.3 is 14.6 Å². The van der Waals surface area contributed by atoms with E-state index in [1.165, 1.54) is 7.11 Å². The van der Waals surface area contributed by atoms with Gasteiger partial charge >= 0.3 is 5.97 Å². The third kappa shape index (κ3) is 2.59. The van der Waals surface area contributed by atoms with Gasteiger partial charge in [0.2, 0.25) is 0 Å². The van der Waals surface area contributed by atoms with Gasteiger partial charge in [-0.1, -0.05) is 6.92 Å². The lowest BCUT2D eigenvalue weighted by molar-refractivity contribution is -0.133. The lowest BCUT2D eigenvalue weighted by Gasteiger charge is -2.07. The molecule has 0 amide bonds. The molecule has 0 radical (unpaired) electrons. The van der Waals surface area contributed by atoms with E-state index in [0.717, 1.165) is 0 Å². The molecule has 0 unspecified atom stereocenters. The number of hydrogen-bond donors (Lipinski definition) is 1. The quantitative estimate of drug-likeness (QED) is 0.715. The van der Waals surface area contributed by atoms with E-state index in [1.54, 1.807) is 13.0 Å². The maximum Gasteiger partial charge on any atom is 0.343 e. The van der Waals surface area contributed by atoms with E-state index >= 15 is 0 Å². The summed E-state index contributed by atoms with van der Waals surface area (Å²) in [5.74, 6) is 0.730. The SMILES string of the molecule is COC1=C(C)C(=O)O/C1=C\[C@@H](C)CCO. The summed E-state index contributed by atoms with van der Waals surface area (Å²) in [5.41, 5.74) is 0.486. The van der Waals surface area contributed by atoms with Crippen LogP contribution in [0.5, 0.6) is 0 Å². The predicted octanol–water partition coefficient (Wildman–Crippen LogP) is 1.37. The van der Waals surface area contributed by atoms with Gasteiger partial charge in [-0.05, 0) is 25.3 Å². The summed E-state index contributed by atoms with van der Waals surface area (Å²) in [6, 6.07) is 0. The Bertz CT molecular complexity index is 315. The molecule has 0 saturated heterocycles. The second kappa shape index (κ2) is 4.98. The van der Waals surface area contributed by atoms with Crippen molar-refractivity contribution < 1.29 is 19.4 Å². The Morgan fingerprint density at radius 3 is 2.80 bits per heavy atom. The van der Waals surface area contributed by atoms with Crippen LogP contribution in [-0.2, 0) is 14.3 Å². The predicted molar refractivity (Wildman–Crippen MR) is 54.8 cm³/mol. The molecule has 0 fully saturated rings. The third-order valence-corrected chi connectivity index (χ3v) is 2.30. The van der Waals surface area contributed by atoms with Crippen LogP contribution in [0.4, 0.5) is 0 Å². The van der Waals surface area contributed by atoms with Gasteiger partial charge in [-0.2, -0.15) is 0 Å². The molecule has 4 heteroatoms. The minimum absolute atomic E-state index is 0.115. The largest absolute Gasteiger partial charge is 0.492 e. The van der Waals surface area contributed by atoms with Crippen LogP contribution in [0.15, 0.2) is 23.2 Å². The van der Waals surface area contributed by atoms with Gasteiger partial charge in [0.1, 0.15) is 0 Å². The zero-order valence-corrected chi connectivity index (χ0v) is 9.24. The van der Waals surface area contributed by atoms with Gasteiger partial charge in [-0.3, -0.25) is 0 Å². The zero-order chi connectivity index (χ0) is 11.4. The van der Waals surface area contributed by atoms with Crippen LogP contribution < -0.4 is 0 Å². The number of esters is 1. The van der Waals surface area contributed by atoms with Crippen molar-refractivity contribution in [1.29, 1.82) is 0 Å². The van der Waals surface area contributed by atoms with E-state index in [0.29, 0.717) is 23.5 Å². The van der Waals surface area contributed by atoms with Gasteiger partial charge in [-0.25, -0.2) is 4.79 Å². The molecule has 4 nitrogen and oxygen atoms in total. The molecule has 0 saturated carbocycles. The normalized spacial score (nSPS) is 20.8. The fourth-order valence-electron chi connectivity index (χ4n) is 1.41. The summed E-state index contributed by atoms with van der Waals surface area (Å²) in [7, 11) is 1.51. The molecule has 1 rings (SSSR count). The molecular weight excluding hydrogens is 196 g/mol. The Balaban J connectivity index is 2.84. The van der Waals surface area contributed by atoms with Crippen molar-refractivity contribution in [2.45, 2.75) is 20.3 Å². The average molecular weight is 212 g/mol. The van der Waals surface area contributed by atoms with Crippen molar-refractivity contribution in [3.05, 3.63) is 23.2 Å². The van der Waals surface area contributed by atoms with E-state index < -0.39 is 0 Å². The highest BCUT2D eigenvalue weighted by molar-refractivity contribution is 5.93. The fourth-order valence-corrected chi connectivity index (χ4v) is 1.41. The van der Waals surface area contributed by atoms with Crippen LogP contribution in [0, 0.1) is 5.92 Å². The summed E-state index contributed by atoms with van der Waals surface area (Å²) in [4.78, 5) is 11.2. The number of methoxy groups -OCH3 is 1. The van der Waals surface area contributed by atoms with E-state index in [-0.39, 0.29) is 18.5 Å².